The molecule has 0 aliphatic carbocycles. The molecule has 19 heavy (non-hydrogen) atoms. The first kappa shape index (κ1) is 12.2. The summed E-state index contributed by atoms with van der Waals surface area (Å²) in [5, 5.41) is 0.215. The van der Waals surface area contributed by atoms with Crippen molar-refractivity contribution in [2.24, 2.45) is 0 Å². The summed E-state index contributed by atoms with van der Waals surface area (Å²) >= 11 is 5.67. The molecule has 1 unspecified atom stereocenters. The first-order valence-electron chi connectivity index (χ1n) is 6.10. The first-order chi connectivity index (χ1) is 9.11. The third-order valence-electron chi connectivity index (χ3n) is 3.20. The molecule has 0 bridgehead atoms. The number of rotatable bonds is 2. The van der Waals surface area contributed by atoms with E-state index in [1.54, 1.807) is 0 Å². The number of ether oxygens (including phenoxy) is 1. The molecule has 0 radical (unpaired) electrons. The minimum atomic E-state index is -0.157. The van der Waals surface area contributed by atoms with Gasteiger partial charge in [-0.25, -0.2) is 4.98 Å². The molecule has 0 N–H and O–H groups in total. The van der Waals surface area contributed by atoms with Crippen LogP contribution in [-0.4, -0.2) is 15.7 Å². The Labute approximate surface area is 115 Å². The highest BCUT2D eigenvalue weighted by atomic mass is 35.5. The van der Waals surface area contributed by atoms with Gasteiger partial charge in [0.15, 0.2) is 0 Å². The van der Waals surface area contributed by atoms with Gasteiger partial charge in [0.05, 0.1) is 12.9 Å². The van der Waals surface area contributed by atoms with Gasteiger partial charge in [-0.1, -0.05) is 29.3 Å². The summed E-state index contributed by atoms with van der Waals surface area (Å²) in [4.78, 5) is 15.7. The molecule has 3 rings (SSSR count). The van der Waals surface area contributed by atoms with Crippen LogP contribution < -0.4 is 10.3 Å². The van der Waals surface area contributed by atoms with E-state index >= 15 is 0 Å². The number of aromatic nitrogens is 2. The zero-order chi connectivity index (χ0) is 13.4. The summed E-state index contributed by atoms with van der Waals surface area (Å²) in [5.74, 6) is 0.908. The maximum atomic E-state index is 11.7. The zero-order valence-electron chi connectivity index (χ0n) is 10.5. The monoisotopic (exact) mass is 276 g/mol. The van der Waals surface area contributed by atoms with Crippen molar-refractivity contribution in [2.45, 2.75) is 26.0 Å². The van der Waals surface area contributed by atoms with Crippen LogP contribution in [0.25, 0.3) is 0 Å². The van der Waals surface area contributed by atoms with Crippen molar-refractivity contribution in [1.82, 2.24) is 9.55 Å². The van der Waals surface area contributed by atoms with Gasteiger partial charge in [0.2, 0.25) is 0 Å². The number of fused-ring (bicyclic) bond motifs is 1. The number of nitrogens with zero attached hydrogens (tertiary/aromatic N) is 2. The average molecular weight is 277 g/mol. The maximum absolute atomic E-state index is 11.7. The van der Waals surface area contributed by atoms with E-state index in [0.717, 1.165) is 12.2 Å². The van der Waals surface area contributed by atoms with Gasteiger partial charge in [-0.2, -0.15) is 0 Å². The summed E-state index contributed by atoms with van der Waals surface area (Å²) in [6, 6.07) is 7.44. The fourth-order valence-corrected chi connectivity index (χ4v) is 2.45. The summed E-state index contributed by atoms with van der Waals surface area (Å²) in [6.07, 6.45) is 2.24. The molecule has 1 aromatic carbocycles. The molecule has 0 spiro atoms. The standard InChI is InChI=1S/C14H13ClN2O2/c1-9-2-3-12-10(4-9)5-11(19-12)7-17-8-16-13(15)6-14(17)18/h2-4,6,8,11H,5,7H2,1H3. The molecule has 0 amide bonds. The van der Waals surface area contributed by atoms with Crippen LogP contribution in [0.1, 0.15) is 11.1 Å². The molecule has 0 saturated carbocycles. The lowest BCUT2D eigenvalue weighted by Gasteiger charge is -2.12. The predicted molar refractivity (Wildman–Crippen MR) is 72.8 cm³/mol. The maximum Gasteiger partial charge on any atom is 0.254 e. The van der Waals surface area contributed by atoms with E-state index in [4.69, 9.17) is 16.3 Å². The Morgan fingerprint density at radius 2 is 2.32 bits per heavy atom. The van der Waals surface area contributed by atoms with Crippen molar-refractivity contribution >= 4 is 11.6 Å². The molecular formula is C14H13ClN2O2. The van der Waals surface area contributed by atoms with Crippen LogP contribution >= 0.6 is 11.6 Å². The number of hydrogen-bond donors (Lipinski definition) is 0. The number of halogens is 1. The topological polar surface area (TPSA) is 44.1 Å². The van der Waals surface area contributed by atoms with Crippen LogP contribution in [0.5, 0.6) is 5.75 Å². The molecule has 0 fully saturated rings. The second-order valence-corrected chi connectivity index (χ2v) is 5.14. The van der Waals surface area contributed by atoms with E-state index in [9.17, 15) is 4.79 Å². The van der Waals surface area contributed by atoms with Crippen LogP contribution in [0.2, 0.25) is 5.15 Å². The highest BCUT2D eigenvalue weighted by molar-refractivity contribution is 6.29. The van der Waals surface area contributed by atoms with E-state index in [1.165, 1.54) is 28.1 Å². The summed E-state index contributed by atoms with van der Waals surface area (Å²) in [5.41, 5.74) is 2.25. The quantitative estimate of drug-likeness (QED) is 0.790. The van der Waals surface area contributed by atoms with E-state index < -0.39 is 0 Å². The number of hydrogen-bond acceptors (Lipinski definition) is 3. The van der Waals surface area contributed by atoms with Crippen molar-refractivity contribution in [3.05, 3.63) is 57.2 Å². The van der Waals surface area contributed by atoms with E-state index in [1.807, 2.05) is 12.1 Å². The Balaban J connectivity index is 1.78. The molecule has 98 valence electrons. The SMILES string of the molecule is Cc1ccc2c(c1)CC(Cn1cnc(Cl)cc1=O)O2. The minimum absolute atomic E-state index is 0.0301. The largest absolute Gasteiger partial charge is 0.488 e. The lowest BCUT2D eigenvalue weighted by molar-refractivity contribution is 0.207. The van der Waals surface area contributed by atoms with Crippen molar-refractivity contribution in [2.75, 3.05) is 0 Å². The van der Waals surface area contributed by atoms with Gasteiger partial charge in [0.1, 0.15) is 17.0 Å². The predicted octanol–water partition coefficient (Wildman–Crippen LogP) is 2.21. The van der Waals surface area contributed by atoms with Crippen LogP contribution in [-0.2, 0) is 13.0 Å². The molecular weight excluding hydrogens is 264 g/mol. The van der Waals surface area contributed by atoms with Crippen LogP contribution in [0.15, 0.2) is 35.4 Å². The van der Waals surface area contributed by atoms with Gasteiger partial charge in [-0.3, -0.25) is 9.36 Å². The molecule has 4 nitrogen and oxygen atoms in total. The molecule has 2 aromatic rings. The molecule has 1 atom stereocenters. The normalized spacial score (nSPS) is 17.1. The third kappa shape index (κ3) is 2.49. The highest BCUT2D eigenvalue weighted by Gasteiger charge is 2.23. The van der Waals surface area contributed by atoms with E-state index in [-0.39, 0.29) is 16.8 Å². The van der Waals surface area contributed by atoms with Crippen LogP contribution in [0.4, 0.5) is 0 Å². The second kappa shape index (κ2) is 4.70. The fourth-order valence-electron chi connectivity index (χ4n) is 2.31. The Kier molecular flexibility index (Phi) is 3.03. The van der Waals surface area contributed by atoms with Crippen molar-refractivity contribution in [3.63, 3.8) is 0 Å². The number of benzene rings is 1. The molecule has 1 aliphatic rings. The van der Waals surface area contributed by atoms with Crippen molar-refractivity contribution < 1.29 is 4.74 Å². The Bertz CT molecular complexity index is 681. The van der Waals surface area contributed by atoms with Crippen molar-refractivity contribution in [1.29, 1.82) is 0 Å². The molecule has 1 aliphatic heterocycles. The lowest BCUT2D eigenvalue weighted by Crippen LogP contribution is -2.28. The van der Waals surface area contributed by atoms with Gasteiger partial charge in [0, 0.05) is 12.5 Å². The summed E-state index contributed by atoms with van der Waals surface area (Å²) in [6.45, 7) is 2.54. The lowest BCUT2D eigenvalue weighted by atomic mass is 10.1. The second-order valence-electron chi connectivity index (χ2n) is 4.76. The zero-order valence-corrected chi connectivity index (χ0v) is 11.2. The fraction of sp³-hybridized carbons (Fsp3) is 0.286. The highest BCUT2D eigenvalue weighted by Crippen LogP contribution is 2.29. The molecule has 0 saturated heterocycles. The van der Waals surface area contributed by atoms with Crippen LogP contribution in [0.3, 0.4) is 0 Å². The average Bonchev–Trinajstić information content (AvgIpc) is 2.74. The third-order valence-corrected chi connectivity index (χ3v) is 3.41. The molecule has 5 heteroatoms. The summed E-state index contributed by atoms with van der Waals surface area (Å²) < 4.78 is 7.35. The Morgan fingerprint density at radius 3 is 3.11 bits per heavy atom. The van der Waals surface area contributed by atoms with Gasteiger partial charge in [0.25, 0.3) is 5.56 Å². The Morgan fingerprint density at radius 1 is 1.47 bits per heavy atom. The number of aryl methyl sites for hydroxylation is 1. The first-order valence-corrected chi connectivity index (χ1v) is 6.48. The van der Waals surface area contributed by atoms with E-state index in [0.29, 0.717) is 6.54 Å². The van der Waals surface area contributed by atoms with Gasteiger partial charge in [-0.05, 0) is 18.6 Å². The smallest absolute Gasteiger partial charge is 0.254 e. The molecule has 2 heterocycles. The molecule has 1 aromatic heterocycles. The van der Waals surface area contributed by atoms with Crippen LogP contribution in [0, 0.1) is 6.92 Å². The van der Waals surface area contributed by atoms with E-state index in [2.05, 4.69) is 18.0 Å². The van der Waals surface area contributed by atoms with Gasteiger partial charge < -0.3 is 4.74 Å². The summed E-state index contributed by atoms with van der Waals surface area (Å²) in [7, 11) is 0. The van der Waals surface area contributed by atoms with Gasteiger partial charge >= 0.3 is 0 Å². The van der Waals surface area contributed by atoms with Gasteiger partial charge in [-0.15, -0.1) is 0 Å². The Hall–Kier alpha value is -1.81. The van der Waals surface area contributed by atoms with Crippen molar-refractivity contribution in [3.8, 4) is 5.75 Å². The minimum Gasteiger partial charge on any atom is -0.488 e.